The van der Waals surface area contributed by atoms with Crippen molar-refractivity contribution in [3.05, 3.63) is 10.2 Å². The summed E-state index contributed by atoms with van der Waals surface area (Å²) in [5.41, 5.74) is 0. The number of hydrogen-bond donors (Lipinski definition) is 0. The summed E-state index contributed by atoms with van der Waals surface area (Å²) >= 11 is 2.18. The first-order valence-corrected chi connectivity index (χ1v) is 18.1. The predicted octanol–water partition coefficient (Wildman–Crippen LogP) is 5.43. The monoisotopic (exact) mass is 368 g/mol. The van der Waals surface area contributed by atoms with Crippen molar-refractivity contribution in [3.8, 4) is 0 Å². The van der Waals surface area contributed by atoms with Crippen LogP contribution in [0.2, 0.25) is 8.87 Å². The van der Waals surface area contributed by atoms with Crippen LogP contribution in [0.5, 0.6) is 0 Å². The Balaban J connectivity index is 4.09. The first-order chi connectivity index (χ1) is 6.68. The van der Waals surface area contributed by atoms with Crippen LogP contribution in [0.4, 0.5) is 0 Å². The normalized spacial score (nSPS) is 12.6. The third kappa shape index (κ3) is 7.33. The van der Waals surface area contributed by atoms with Crippen molar-refractivity contribution in [1.82, 2.24) is 0 Å². The molecule has 14 heavy (non-hydrogen) atoms. The van der Waals surface area contributed by atoms with E-state index in [-0.39, 0.29) is 0 Å². The van der Waals surface area contributed by atoms with Crippen molar-refractivity contribution in [1.29, 1.82) is 0 Å². The molecule has 0 aliphatic heterocycles. The van der Waals surface area contributed by atoms with Gasteiger partial charge in [-0.3, -0.25) is 0 Å². The Morgan fingerprint density at radius 3 is 1.86 bits per heavy atom. The molecule has 0 nitrogen and oxygen atoms in total. The molecule has 0 saturated heterocycles. The van der Waals surface area contributed by atoms with E-state index in [1.807, 2.05) is 0 Å². The SMILES string of the molecule is CCC=[CH][Sn]([Br])([CH2]CCC)[CH2]CCC. The van der Waals surface area contributed by atoms with Crippen molar-refractivity contribution < 1.29 is 0 Å². The molecule has 0 aliphatic carbocycles. The van der Waals surface area contributed by atoms with Crippen LogP contribution in [-0.2, 0) is 0 Å². The van der Waals surface area contributed by atoms with Gasteiger partial charge in [-0.25, -0.2) is 0 Å². The van der Waals surface area contributed by atoms with Gasteiger partial charge in [0.25, 0.3) is 0 Å². The second-order valence-electron chi connectivity index (χ2n) is 4.05. The van der Waals surface area contributed by atoms with Gasteiger partial charge in [-0.15, -0.1) is 0 Å². The van der Waals surface area contributed by atoms with Gasteiger partial charge in [0.1, 0.15) is 0 Å². The van der Waals surface area contributed by atoms with E-state index in [0.717, 1.165) is 0 Å². The number of hydrogen-bond acceptors (Lipinski definition) is 0. The molecule has 0 radical (unpaired) electrons. The van der Waals surface area contributed by atoms with Crippen LogP contribution in [0.3, 0.4) is 0 Å². The Kier molecular flexibility index (Phi) is 9.93. The predicted molar refractivity (Wildman–Crippen MR) is 73.5 cm³/mol. The van der Waals surface area contributed by atoms with E-state index in [4.69, 9.17) is 0 Å². The molecule has 0 aromatic heterocycles. The Hall–Kier alpha value is 1.02. The van der Waals surface area contributed by atoms with E-state index in [9.17, 15) is 0 Å². The molecule has 0 rings (SSSR count). The van der Waals surface area contributed by atoms with Crippen LogP contribution in [-0.4, -0.2) is 16.2 Å². The zero-order chi connectivity index (χ0) is 10.9. The molecule has 0 N–H and O–H groups in total. The van der Waals surface area contributed by atoms with Crippen LogP contribution in [0.1, 0.15) is 52.9 Å². The van der Waals surface area contributed by atoms with Crippen molar-refractivity contribution in [2.45, 2.75) is 61.7 Å². The fraction of sp³-hybridized carbons (Fsp3) is 0.833. The van der Waals surface area contributed by atoms with E-state index in [1.165, 1.54) is 41.0 Å². The Morgan fingerprint density at radius 1 is 1.00 bits per heavy atom. The fourth-order valence-electron chi connectivity index (χ4n) is 1.56. The number of halogens is 1. The fourth-order valence-corrected chi connectivity index (χ4v) is 15.5. The molecule has 0 atom stereocenters. The summed E-state index contributed by atoms with van der Waals surface area (Å²) in [6.45, 7) is 6.82. The van der Waals surface area contributed by atoms with Gasteiger partial charge in [0, 0.05) is 0 Å². The average molecular weight is 368 g/mol. The van der Waals surface area contributed by atoms with Gasteiger partial charge in [0.2, 0.25) is 0 Å². The quantitative estimate of drug-likeness (QED) is 0.501. The van der Waals surface area contributed by atoms with Gasteiger partial charge in [0.15, 0.2) is 0 Å². The molecule has 0 aromatic carbocycles. The summed E-state index contributed by atoms with van der Waals surface area (Å²) in [5, 5.41) is 0. The second-order valence-corrected chi connectivity index (χ2v) is 24.4. The van der Waals surface area contributed by atoms with Gasteiger partial charge < -0.3 is 0 Å². The van der Waals surface area contributed by atoms with Crippen molar-refractivity contribution in [2.75, 3.05) is 0 Å². The molecule has 0 amide bonds. The molecule has 0 spiro atoms. The van der Waals surface area contributed by atoms with Crippen LogP contribution in [0.25, 0.3) is 0 Å². The zero-order valence-corrected chi connectivity index (χ0v) is 14.4. The van der Waals surface area contributed by atoms with Crippen molar-refractivity contribution >= 4 is 28.9 Å². The molecule has 0 bridgehead atoms. The summed E-state index contributed by atoms with van der Waals surface area (Å²) in [6.07, 6.45) is 9.10. The van der Waals surface area contributed by atoms with Gasteiger partial charge in [-0.2, -0.15) is 0 Å². The molecular formula is C12H25BrSn. The standard InChI is InChI=1S/2C4H9.C4H7.BrH.Sn/c3*1-3-4-2;;/h2*1,3-4H2,2H3;1,3H,4H2,2H3;1H;/q;;;;+1/p-1. The maximum absolute atomic E-state index is 4.11. The summed E-state index contributed by atoms with van der Waals surface area (Å²) < 4.78 is 5.56. The van der Waals surface area contributed by atoms with Crippen LogP contribution < -0.4 is 0 Å². The minimum absolute atomic E-state index is 1.20. The number of unbranched alkanes of at least 4 members (excludes halogenated alkanes) is 2. The molecule has 0 heterocycles. The molecule has 0 saturated carbocycles. The average Bonchev–Trinajstić information content (AvgIpc) is 2.21. The molecule has 0 unspecified atom stereocenters. The van der Waals surface area contributed by atoms with E-state index in [1.54, 1.807) is 0 Å². The van der Waals surface area contributed by atoms with E-state index in [2.05, 4.69) is 43.6 Å². The third-order valence-electron chi connectivity index (χ3n) is 2.54. The summed E-state index contributed by atoms with van der Waals surface area (Å²) in [6, 6.07) is 0. The Morgan fingerprint density at radius 2 is 1.50 bits per heavy atom. The molecular weight excluding hydrogens is 343 g/mol. The molecule has 84 valence electrons. The van der Waals surface area contributed by atoms with Gasteiger partial charge >= 0.3 is 101 Å². The van der Waals surface area contributed by atoms with Crippen molar-refractivity contribution in [3.63, 3.8) is 0 Å². The summed E-state index contributed by atoms with van der Waals surface area (Å²) in [7, 11) is 0. The first-order valence-electron chi connectivity index (χ1n) is 6.05. The Labute approximate surface area is 100 Å². The minimum atomic E-state index is -1.93. The van der Waals surface area contributed by atoms with Gasteiger partial charge in [-0.1, -0.05) is 0 Å². The zero-order valence-electron chi connectivity index (χ0n) is 9.98. The van der Waals surface area contributed by atoms with E-state index < -0.39 is 16.2 Å². The molecule has 0 aromatic rings. The second kappa shape index (κ2) is 9.26. The summed E-state index contributed by atoms with van der Waals surface area (Å²) in [4.78, 5) is 0. The number of rotatable bonds is 8. The van der Waals surface area contributed by atoms with Gasteiger partial charge in [0.05, 0.1) is 0 Å². The van der Waals surface area contributed by atoms with Crippen LogP contribution in [0.15, 0.2) is 10.2 Å². The molecule has 0 fully saturated rings. The van der Waals surface area contributed by atoms with Crippen LogP contribution >= 0.6 is 12.7 Å². The van der Waals surface area contributed by atoms with E-state index >= 15 is 0 Å². The maximum atomic E-state index is 4.11. The topological polar surface area (TPSA) is 0 Å². The van der Waals surface area contributed by atoms with E-state index in [0.29, 0.717) is 0 Å². The molecule has 0 aliphatic rings. The van der Waals surface area contributed by atoms with Gasteiger partial charge in [-0.05, 0) is 0 Å². The summed E-state index contributed by atoms with van der Waals surface area (Å²) in [5.74, 6) is 0. The first kappa shape index (κ1) is 15.0. The van der Waals surface area contributed by atoms with Crippen molar-refractivity contribution in [2.24, 2.45) is 0 Å². The number of allylic oxidation sites excluding steroid dienone is 1. The molecule has 2 heteroatoms. The Bertz CT molecular complexity index is 146. The third-order valence-corrected chi connectivity index (χ3v) is 18.8. The van der Waals surface area contributed by atoms with Crippen LogP contribution in [0, 0.1) is 0 Å².